The van der Waals surface area contributed by atoms with Gasteiger partial charge in [0.25, 0.3) is 0 Å². The molecular formula is C20H27N5O3. The number of piperidine rings is 1. The van der Waals surface area contributed by atoms with E-state index in [4.69, 9.17) is 19.9 Å². The summed E-state index contributed by atoms with van der Waals surface area (Å²) in [5.41, 5.74) is 8.06. The normalized spacial score (nSPS) is 17.9. The maximum atomic E-state index is 6.37. The number of hydrogen-bond donors (Lipinski definition) is 2. The number of nitrogen functional groups attached to an aromatic ring is 1. The van der Waals surface area contributed by atoms with E-state index in [1.807, 2.05) is 13.1 Å². The Hall–Kier alpha value is -2.74. The zero-order valence-electron chi connectivity index (χ0n) is 16.6. The molecule has 0 radical (unpaired) electrons. The maximum Gasteiger partial charge on any atom is 0.223 e. The fraction of sp³-hybridized carbons (Fsp3) is 0.500. The van der Waals surface area contributed by atoms with Crippen LogP contribution in [0.15, 0.2) is 18.2 Å². The van der Waals surface area contributed by atoms with Crippen LogP contribution in [0.1, 0.15) is 24.0 Å². The molecule has 2 aliphatic heterocycles. The molecule has 8 nitrogen and oxygen atoms in total. The van der Waals surface area contributed by atoms with Crippen LogP contribution < -0.4 is 25.4 Å². The maximum absolute atomic E-state index is 6.37. The molecule has 2 aliphatic rings. The van der Waals surface area contributed by atoms with Crippen LogP contribution in [0.25, 0.3) is 0 Å². The Bertz CT molecular complexity index is 865. The third-order valence-corrected chi connectivity index (χ3v) is 5.73. The fourth-order valence-electron chi connectivity index (χ4n) is 4.24. The van der Waals surface area contributed by atoms with Crippen LogP contribution in [0.4, 0.5) is 17.6 Å². The van der Waals surface area contributed by atoms with Crippen molar-refractivity contribution in [2.45, 2.75) is 24.9 Å². The summed E-state index contributed by atoms with van der Waals surface area (Å²) in [6, 6.07) is 6.11. The van der Waals surface area contributed by atoms with Gasteiger partial charge in [-0.3, -0.25) is 0 Å². The van der Waals surface area contributed by atoms with Gasteiger partial charge in [0.2, 0.25) is 5.95 Å². The monoisotopic (exact) mass is 385 g/mol. The lowest BCUT2D eigenvalue weighted by molar-refractivity contribution is -0.0768. The standard InChI is InChI=1S/C20H27N5O3/c1-22-17-12-18(24-19(21)23-17)25-7-5-20(6-8-25)14-11-16(27-3)15(26-2)10-13(14)4-9-28-20/h10-12H,4-9H2,1-3H3,(H3,21,22,23,24). The topological polar surface area (TPSA) is 94.8 Å². The molecular weight excluding hydrogens is 358 g/mol. The molecule has 0 unspecified atom stereocenters. The van der Waals surface area contributed by atoms with E-state index in [1.54, 1.807) is 14.2 Å². The van der Waals surface area contributed by atoms with Crippen molar-refractivity contribution in [1.82, 2.24) is 9.97 Å². The first kappa shape index (κ1) is 18.6. The molecule has 0 saturated carbocycles. The summed E-state index contributed by atoms with van der Waals surface area (Å²) >= 11 is 0. The van der Waals surface area contributed by atoms with Crippen LogP contribution in [0.5, 0.6) is 11.5 Å². The van der Waals surface area contributed by atoms with Gasteiger partial charge in [-0.2, -0.15) is 9.97 Å². The minimum atomic E-state index is -0.298. The number of benzene rings is 1. The molecule has 1 aromatic carbocycles. The van der Waals surface area contributed by atoms with Gasteiger partial charge in [0.15, 0.2) is 11.5 Å². The first-order valence-electron chi connectivity index (χ1n) is 9.55. The fourth-order valence-corrected chi connectivity index (χ4v) is 4.24. The Kier molecular flexibility index (Phi) is 4.89. The smallest absolute Gasteiger partial charge is 0.223 e. The van der Waals surface area contributed by atoms with Gasteiger partial charge >= 0.3 is 0 Å². The van der Waals surface area contributed by atoms with Crippen LogP contribution in [-0.4, -0.2) is 50.9 Å². The minimum absolute atomic E-state index is 0.276. The zero-order chi connectivity index (χ0) is 19.7. The first-order chi connectivity index (χ1) is 13.6. The van der Waals surface area contributed by atoms with Crippen LogP contribution in [-0.2, 0) is 16.8 Å². The summed E-state index contributed by atoms with van der Waals surface area (Å²) in [4.78, 5) is 10.8. The van der Waals surface area contributed by atoms with Crippen molar-refractivity contribution >= 4 is 17.6 Å². The number of fused-ring (bicyclic) bond motifs is 2. The number of rotatable bonds is 4. The molecule has 3 heterocycles. The summed E-state index contributed by atoms with van der Waals surface area (Å²) in [7, 11) is 5.16. The van der Waals surface area contributed by atoms with Gasteiger partial charge in [-0.25, -0.2) is 0 Å². The van der Waals surface area contributed by atoms with Crippen molar-refractivity contribution in [2.24, 2.45) is 0 Å². The lowest BCUT2D eigenvalue weighted by atomic mass is 9.79. The Balaban J connectivity index is 1.61. The number of ether oxygens (including phenoxy) is 3. The van der Waals surface area contributed by atoms with Crippen molar-refractivity contribution in [1.29, 1.82) is 0 Å². The molecule has 150 valence electrons. The average Bonchev–Trinajstić information content (AvgIpc) is 2.73. The Morgan fingerprint density at radius 2 is 1.82 bits per heavy atom. The lowest BCUT2D eigenvalue weighted by Gasteiger charge is -2.45. The predicted octanol–water partition coefficient (Wildman–Crippen LogP) is 2.19. The number of nitrogens with two attached hydrogens (primary N) is 1. The Labute approximate surface area is 165 Å². The summed E-state index contributed by atoms with van der Waals surface area (Å²) in [5, 5.41) is 3.03. The number of nitrogens with zero attached hydrogens (tertiary/aromatic N) is 3. The van der Waals surface area contributed by atoms with Gasteiger partial charge < -0.3 is 30.2 Å². The quantitative estimate of drug-likeness (QED) is 0.827. The van der Waals surface area contributed by atoms with Gasteiger partial charge in [0.05, 0.1) is 26.4 Å². The summed E-state index contributed by atoms with van der Waals surface area (Å²) in [6.45, 7) is 2.37. The van der Waals surface area contributed by atoms with E-state index in [1.165, 1.54) is 11.1 Å². The van der Waals surface area contributed by atoms with Crippen molar-refractivity contribution in [3.8, 4) is 11.5 Å². The van der Waals surface area contributed by atoms with E-state index in [2.05, 4.69) is 32.3 Å². The van der Waals surface area contributed by atoms with E-state index >= 15 is 0 Å². The molecule has 0 atom stereocenters. The third kappa shape index (κ3) is 3.17. The van der Waals surface area contributed by atoms with Gasteiger partial charge in [-0.05, 0) is 42.5 Å². The van der Waals surface area contributed by atoms with E-state index < -0.39 is 0 Å². The number of aromatic nitrogens is 2. The van der Waals surface area contributed by atoms with Gasteiger partial charge in [0.1, 0.15) is 11.6 Å². The highest BCUT2D eigenvalue weighted by atomic mass is 16.5. The second kappa shape index (κ2) is 7.35. The van der Waals surface area contributed by atoms with Crippen molar-refractivity contribution in [3.63, 3.8) is 0 Å². The summed E-state index contributed by atoms with van der Waals surface area (Å²) in [5.74, 6) is 3.36. The van der Waals surface area contributed by atoms with Crippen LogP contribution >= 0.6 is 0 Å². The first-order valence-corrected chi connectivity index (χ1v) is 9.55. The Morgan fingerprint density at radius 3 is 2.50 bits per heavy atom. The van der Waals surface area contributed by atoms with Gasteiger partial charge in [0, 0.05) is 26.2 Å². The average molecular weight is 385 g/mol. The van der Waals surface area contributed by atoms with Gasteiger partial charge in [-0.1, -0.05) is 0 Å². The zero-order valence-corrected chi connectivity index (χ0v) is 16.6. The SMILES string of the molecule is CNc1cc(N2CCC3(CC2)OCCc2cc(OC)c(OC)cc23)nc(N)n1. The van der Waals surface area contributed by atoms with E-state index in [0.29, 0.717) is 6.61 Å². The lowest BCUT2D eigenvalue weighted by Crippen LogP contribution is -2.47. The van der Waals surface area contributed by atoms with Crippen LogP contribution in [0.3, 0.4) is 0 Å². The van der Waals surface area contributed by atoms with E-state index in [0.717, 1.165) is 55.5 Å². The number of nitrogens with one attached hydrogen (secondary N) is 1. The minimum Gasteiger partial charge on any atom is -0.493 e. The third-order valence-electron chi connectivity index (χ3n) is 5.73. The van der Waals surface area contributed by atoms with Crippen LogP contribution in [0.2, 0.25) is 0 Å². The molecule has 1 aromatic heterocycles. The largest absolute Gasteiger partial charge is 0.493 e. The second-order valence-corrected chi connectivity index (χ2v) is 7.16. The highest BCUT2D eigenvalue weighted by Gasteiger charge is 2.42. The number of anilines is 3. The summed E-state index contributed by atoms with van der Waals surface area (Å²) < 4.78 is 17.4. The van der Waals surface area contributed by atoms with Crippen molar-refractivity contribution < 1.29 is 14.2 Å². The predicted molar refractivity (Wildman–Crippen MR) is 108 cm³/mol. The van der Waals surface area contributed by atoms with E-state index in [9.17, 15) is 0 Å². The molecule has 2 aromatic rings. The molecule has 0 aliphatic carbocycles. The Morgan fingerprint density at radius 1 is 1.11 bits per heavy atom. The molecule has 0 bridgehead atoms. The molecule has 1 saturated heterocycles. The molecule has 1 spiro atoms. The molecule has 0 amide bonds. The molecule has 1 fully saturated rings. The molecule has 8 heteroatoms. The van der Waals surface area contributed by atoms with Gasteiger partial charge in [-0.15, -0.1) is 0 Å². The van der Waals surface area contributed by atoms with Crippen molar-refractivity contribution in [3.05, 3.63) is 29.3 Å². The van der Waals surface area contributed by atoms with Crippen molar-refractivity contribution in [2.75, 3.05) is 56.9 Å². The number of methoxy groups -OCH3 is 2. The highest BCUT2D eigenvalue weighted by molar-refractivity contribution is 5.54. The number of hydrogen-bond acceptors (Lipinski definition) is 8. The van der Waals surface area contributed by atoms with E-state index in [-0.39, 0.29) is 11.5 Å². The molecule has 3 N–H and O–H groups in total. The summed E-state index contributed by atoms with van der Waals surface area (Å²) in [6.07, 6.45) is 2.62. The molecule has 4 rings (SSSR count). The highest BCUT2D eigenvalue weighted by Crippen LogP contribution is 2.45. The second-order valence-electron chi connectivity index (χ2n) is 7.16. The van der Waals surface area contributed by atoms with Crippen LogP contribution in [0, 0.1) is 0 Å². The molecule has 28 heavy (non-hydrogen) atoms.